The normalized spacial score (nSPS) is 11.4. The molecule has 0 bridgehead atoms. The first-order valence-electron chi connectivity index (χ1n) is 9.78. The van der Waals surface area contributed by atoms with Crippen LogP contribution in [0.1, 0.15) is 30.2 Å². The number of guanidine groups is 1. The molecule has 0 saturated heterocycles. The molecule has 0 fully saturated rings. The highest BCUT2D eigenvalue weighted by molar-refractivity contribution is 5.79. The molecule has 0 unspecified atom stereocenters. The number of rotatable bonds is 10. The number of nitrogens with one attached hydrogen (secondary N) is 2. The number of aromatic nitrogens is 2. The second-order valence-electron chi connectivity index (χ2n) is 6.72. The van der Waals surface area contributed by atoms with Gasteiger partial charge in [-0.3, -0.25) is 10.1 Å². The lowest BCUT2D eigenvalue weighted by atomic mass is 10.1. The van der Waals surface area contributed by atoms with E-state index in [2.05, 4.69) is 47.4 Å². The van der Waals surface area contributed by atoms with Crippen LogP contribution >= 0.6 is 0 Å². The average molecular weight is 388 g/mol. The van der Waals surface area contributed by atoms with E-state index in [0.717, 1.165) is 62.0 Å². The standard InChI is InChI=1S/C21H33N5O2/c1-6-22-21(23-12-7-8-18-15-24-25-16(18)2)26(3)13-11-17-9-10-19(27-4)20(14-17)28-5/h9-10,14-15H,6-8,11-13H2,1-5H3,(H,22,23)(H,24,25). The summed E-state index contributed by atoms with van der Waals surface area (Å²) in [6, 6.07) is 6.06. The Labute approximate surface area is 168 Å². The van der Waals surface area contributed by atoms with E-state index in [4.69, 9.17) is 14.5 Å². The Morgan fingerprint density at radius 3 is 2.64 bits per heavy atom. The third-order valence-corrected chi connectivity index (χ3v) is 4.68. The van der Waals surface area contributed by atoms with Crippen LogP contribution in [0, 0.1) is 6.92 Å². The molecule has 0 radical (unpaired) electrons. The Balaban J connectivity index is 1.89. The molecule has 0 aliphatic carbocycles. The van der Waals surface area contributed by atoms with Crippen LogP contribution in [0.5, 0.6) is 11.5 Å². The maximum absolute atomic E-state index is 5.39. The molecule has 0 saturated carbocycles. The lowest BCUT2D eigenvalue weighted by Gasteiger charge is -2.22. The summed E-state index contributed by atoms with van der Waals surface area (Å²) < 4.78 is 10.7. The monoisotopic (exact) mass is 387 g/mol. The van der Waals surface area contributed by atoms with Crippen LogP contribution in [-0.4, -0.2) is 62.0 Å². The maximum Gasteiger partial charge on any atom is 0.193 e. The number of nitrogens with zero attached hydrogens (tertiary/aromatic N) is 3. The summed E-state index contributed by atoms with van der Waals surface area (Å²) in [5.41, 5.74) is 3.61. The average Bonchev–Trinajstić information content (AvgIpc) is 3.12. The van der Waals surface area contributed by atoms with E-state index in [1.165, 1.54) is 11.1 Å². The van der Waals surface area contributed by atoms with Crippen molar-refractivity contribution in [1.29, 1.82) is 0 Å². The number of hydrogen-bond acceptors (Lipinski definition) is 4. The van der Waals surface area contributed by atoms with Crippen molar-refractivity contribution in [2.45, 2.75) is 33.1 Å². The van der Waals surface area contributed by atoms with Crippen LogP contribution in [0.25, 0.3) is 0 Å². The minimum absolute atomic E-state index is 0.752. The molecule has 0 spiro atoms. The number of benzene rings is 1. The van der Waals surface area contributed by atoms with Gasteiger partial charge in [0, 0.05) is 32.4 Å². The zero-order chi connectivity index (χ0) is 20.4. The molecule has 1 aromatic heterocycles. The first kappa shape index (κ1) is 21.6. The molecule has 1 heterocycles. The smallest absolute Gasteiger partial charge is 0.193 e. The second kappa shape index (κ2) is 11.2. The van der Waals surface area contributed by atoms with E-state index >= 15 is 0 Å². The summed E-state index contributed by atoms with van der Waals surface area (Å²) in [4.78, 5) is 6.94. The van der Waals surface area contributed by atoms with E-state index in [9.17, 15) is 0 Å². The topological polar surface area (TPSA) is 74.8 Å². The van der Waals surface area contributed by atoms with E-state index in [-0.39, 0.29) is 0 Å². The molecule has 7 nitrogen and oxygen atoms in total. The van der Waals surface area contributed by atoms with Gasteiger partial charge >= 0.3 is 0 Å². The molecule has 0 aliphatic rings. The van der Waals surface area contributed by atoms with Gasteiger partial charge < -0.3 is 19.7 Å². The number of H-pyrrole nitrogens is 1. The van der Waals surface area contributed by atoms with Gasteiger partial charge in [0.15, 0.2) is 17.5 Å². The predicted molar refractivity (Wildman–Crippen MR) is 114 cm³/mol. The van der Waals surface area contributed by atoms with Gasteiger partial charge in [-0.05, 0) is 56.4 Å². The van der Waals surface area contributed by atoms with Crippen molar-refractivity contribution in [2.24, 2.45) is 4.99 Å². The molecular formula is C21H33N5O2. The van der Waals surface area contributed by atoms with Gasteiger partial charge in [0.05, 0.1) is 20.4 Å². The van der Waals surface area contributed by atoms with Gasteiger partial charge in [-0.2, -0.15) is 5.10 Å². The lowest BCUT2D eigenvalue weighted by molar-refractivity contribution is 0.354. The van der Waals surface area contributed by atoms with Crippen molar-refractivity contribution in [3.8, 4) is 11.5 Å². The molecule has 1 aromatic carbocycles. The number of ether oxygens (including phenoxy) is 2. The van der Waals surface area contributed by atoms with Gasteiger partial charge in [0.1, 0.15) is 0 Å². The number of aliphatic imine (C=N–C) groups is 1. The van der Waals surface area contributed by atoms with E-state index in [1.807, 2.05) is 18.3 Å². The summed E-state index contributed by atoms with van der Waals surface area (Å²) in [6.07, 6.45) is 4.79. The Morgan fingerprint density at radius 2 is 2.00 bits per heavy atom. The molecule has 0 atom stereocenters. The van der Waals surface area contributed by atoms with Gasteiger partial charge in [-0.15, -0.1) is 0 Å². The van der Waals surface area contributed by atoms with Crippen LogP contribution in [0.2, 0.25) is 0 Å². The summed E-state index contributed by atoms with van der Waals surface area (Å²) >= 11 is 0. The van der Waals surface area contributed by atoms with Crippen LogP contribution in [-0.2, 0) is 12.8 Å². The summed E-state index contributed by atoms with van der Waals surface area (Å²) in [6.45, 7) is 6.64. The fourth-order valence-corrected chi connectivity index (χ4v) is 2.99. The predicted octanol–water partition coefficient (Wildman–Crippen LogP) is 2.81. The summed E-state index contributed by atoms with van der Waals surface area (Å²) in [5.74, 6) is 2.45. The zero-order valence-corrected chi connectivity index (χ0v) is 17.7. The van der Waals surface area contributed by atoms with E-state index in [0.29, 0.717) is 0 Å². The third kappa shape index (κ3) is 6.18. The highest BCUT2D eigenvalue weighted by Crippen LogP contribution is 2.27. The van der Waals surface area contributed by atoms with Crippen molar-refractivity contribution in [3.05, 3.63) is 41.2 Å². The molecule has 28 heavy (non-hydrogen) atoms. The molecular weight excluding hydrogens is 354 g/mol. The first-order valence-corrected chi connectivity index (χ1v) is 9.78. The van der Waals surface area contributed by atoms with Crippen molar-refractivity contribution < 1.29 is 9.47 Å². The molecule has 7 heteroatoms. The Hall–Kier alpha value is -2.70. The number of hydrogen-bond donors (Lipinski definition) is 2. The molecule has 2 rings (SSSR count). The summed E-state index contributed by atoms with van der Waals surface area (Å²) in [5, 5.41) is 10.4. The van der Waals surface area contributed by atoms with Gasteiger partial charge in [0.2, 0.25) is 0 Å². The van der Waals surface area contributed by atoms with Crippen LogP contribution in [0.3, 0.4) is 0 Å². The quantitative estimate of drug-likeness (QED) is 0.372. The molecule has 2 aromatic rings. The highest BCUT2D eigenvalue weighted by Gasteiger charge is 2.08. The minimum Gasteiger partial charge on any atom is -0.493 e. The maximum atomic E-state index is 5.39. The first-order chi connectivity index (χ1) is 13.6. The fraction of sp³-hybridized carbons (Fsp3) is 0.524. The molecule has 2 N–H and O–H groups in total. The van der Waals surface area contributed by atoms with Gasteiger partial charge in [-0.1, -0.05) is 6.07 Å². The van der Waals surface area contributed by atoms with Gasteiger partial charge in [0.25, 0.3) is 0 Å². The van der Waals surface area contributed by atoms with E-state index in [1.54, 1.807) is 14.2 Å². The molecule has 0 amide bonds. The minimum atomic E-state index is 0.752. The van der Waals surface area contributed by atoms with Gasteiger partial charge in [-0.25, -0.2) is 0 Å². The molecule has 154 valence electrons. The van der Waals surface area contributed by atoms with Crippen LogP contribution in [0.15, 0.2) is 29.4 Å². The van der Waals surface area contributed by atoms with Crippen molar-refractivity contribution in [2.75, 3.05) is 40.9 Å². The SMILES string of the molecule is CCNC(=NCCCc1cn[nH]c1C)N(C)CCc1ccc(OC)c(OC)c1. The fourth-order valence-electron chi connectivity index (χ4n) is 2.99. The zero-order valence-electron chi connectivity index (χ0n) is 17.7. The van der Waals surface area contributed by atoms with Crippen molar-refractivity contribution >= 4 is 5.96 Å². The second-order valence-corrected chi connectivity index (χ2v) is 6.72. The number of methoxy groups -OCH3 is 2. The Morgan fingerprint density at radius 1 is 1.21 bits per heavy atom. The highest BCUT2D eigenvalue weighted by atomic mass is 16.5. The van der Waals surface area contributed by atoms with Crippen LogP contribution < -0.4 is 14.8 Å². The Kier molecular flexibility index (Phi) is 8.65. The number of aromatic amines is 1. The summed E-state index contributed by atoms with van der Waals surface area (Å²) in [7, 11) is 5.38. The number of aryl methyl sites for hydroxylation is 2. The molecule has 0 aliphatic heterocycles. The van der Waals surface area contributed by atoms with E-state index < -0.39 is 0 Å². The Bertz CT molecular complexity index is 757. The van der Waals surface area contributed by atoms with Crippen molar-refractivity contribution in [1.82, 2.24) is 20.4 Å². The largest absolute Gasteiger partial charge is 0.493 e. The number of likely N-dealkylation sites (N-methyl/N-ethyl adjacent to an activating group) is 1. The van der Waals surface area contributed by atoms with Crippen molar-refractivity contribution in [3.63, 3.8) is 0 Å². The van der Waals surface area contributed by atoms with Crippen LogP contribution in [0.4, 0.5) is 0 Å². The third-order valence-electron chi connectivity index (χ3n) is 4.68. The lowest BCUT2D eigenvalue weighted by Crippen LogP contribution is -2.40.